The van der Waals surface area contributed by atoms with Gasteiger partial charge in [-0.05, 0) is 38.5 Å². The number of ether oxygens (including phenoxy) is 4. The topological polar surface area (TPSA) is 126 Å². The number of hydrogen-bond donors (Lipinski definition) is 1. The molecule has 176 valence electrons. The Kier molecular flexibility index (Phi) is 7.32. The largest absolute Gasteiger partial charge is 0.493 e. The Hall–Kier alpha value is -3.47. The highest BCUT2D eigenvalue weighted by molar-refractivity contribution is 8.00. The monoisotopic (exact) mass is 475 g/mol. The van der Waals surface area contributed by atoms with E-state index in [0.29, 0.717) is 45.3 Å². The molecule has 3 aromatic rings. The molecule has 2 aromatic heterocycles. The van der Waals surface area contributed by atoms with Gasteiger partial charge in [0.1, 0.15) is 0 Å². The number of carbonyl (C=O) groups excluding carboxylic acids is 2. The van der Waals surface area contributed by atoms with Crippen LogP contribution < -0.4 is 14.2 Å². The molecule has 33 heavy (non-hydrogen) atoms. The maximum Gasteiger partial charge on any atom is 0.339 e. The molecule has 1 aromatic carbocycles. The number of methoxy groups -OCH3 is 4. The normalized spacial score (nSPS) is 11.7. The van der Waals surface area contributed by atoms with E-state index in [9.17, 15) is 9.59 Å². The van der Waals surface area contributed by atoms with Crippen LogP contribution in [0.4, 0.5) is 0 Å². The van der Waals surface area contributed by atoms with Crippen LogP contribution in [0, 0.1) is 13.8 Å². The first-order valence-corrected chi connectivity index (χ1v) is 10.8. The zero-order chi connectivity index (χ0) is 24.3. The molecule has 0 aliphatic heterocycles. The van der Waals surface area contributed by atoms with Gasteiger partial charge in [0.15, 0.2) is 17.3 Å². The van der Waals surface area contributed by atoms with Crippen molar-refractivity contribution in [2.24, 2.45) is 0 Å². The fourth-order valence-corrected chi connectivity index (χ4v) is 4.13. The summed E-state index contributed by atoms with van der Waals surface area (Å²) in [5.74, 6) is 0.871. The molecule has 0 amide bonds. The van der Waals surface area contributed by atoms with Gasteiger partial charge < -0.3 is 28.3 Å². The first-order valence-electron chi connectivity index (χ1n) is 9.87. The maximum atomic E-state index is 13.0. The number of carbonyl (C=O) groups is 2. The fourth-order valence-electron chi connectivity index (χ4n) is 3.39. The van der Waals surface area contributed by atoms with E-state index in [0.717, 1.165) is 11.8 Å². The number of Topliss-reactive ketones (excluding diaryl/α,β-unsaturated/α-hetero) is 1. The molecule has 1 N–H and O–H groups in total. The number of H-pyrrole nitrogens is 1. The molecule has 11 heteroatoms. The molecular weight excluding hydrogens is 450 g/mol. The van der Waals surface area contributed by atoms with Gasteiger partial charge in [-0.1, -0.05) is 11.8 Å². The summed E-state index contributed by atoms with van der Waals surface area (Å²) >= 11 is 1.11. The van der Waals surface area contributed by atoms with Crippen molar-refractivity contribution in [1.29, 1.82) is 0 Å². The van der Waals surface area contributed by atoms with E-state index in [2.05, 4.69) is 15.2 Å². The summed E-state index contributed by atoms with van der Waals surface area (Å²) in [6.07, 6.45) is 0. The van der Waals surface area contributed by atoms with E-state index in [1.807, 2.05) is 0 Å². The minimum Gasteiger partial charge on any atom is -0.493 e. The average Bonchev–Trinajstić information content (AvgIpc) is 3.40. The van der Waals surface area contributed by atoms with Crippen molar-refractivity contribution in [3.8, 4) is 28.7 Å². The Bertz CT molecular complexity index is 1160. The molecule has 3 rings (SSSR count). The number of hydrogen-bond acceptors (Lipinski definition) is 10. The van der Waals surface area contributed by atoms with Gasteiger partial charge in [-0.15, -0.1) is 10.2 Å². The standard InChI is InChI=1S/C22H25N3O7S/c1-10-16(21(27)31-7)11(2)23-17(10)18(26)12(3)33-22-25-24-20(32-22)13-8-14(28-4)19(30-6)15(9-13)29-5/h8-9,12,23H,1-7H3/t12-/m0/s1. The summed E-state index contributed by atoms with van der Waals surface area (Å²) in [6.45, 7) is 5.15. The van der Waals surface area contributed by atoms with Crippen molar-refractivity contribution in [3.05, 3.63) is 34.6 Å². The lowest BCUT2D eigenvalue weighted by molar-refractivity contribution is 0.0599. The lowest BCUT2D eigenvalue weighted by atomic mass is 10.1. The summed E-state index contributed by atoms with van der Waals surface area (Å²) in [5, 5.41) is 7.79. The second-order valence-corrected chi connectivity index (χ2v) is 8.32. The maximum absolute atomic E-state index is 13.0. The van der Waals surface area contributed by atoms with Crippen molar-refractivity contribution in [3.63, 3.8) is 0 Å². The van der Waals surface area contributed by atoms with E-state index < -0.39 is 11.2 Å². The molecule has 10 nitrogen and oxygen atoms in total. The zero-order valence-electron chi connectivity index (χ0n) is 19.4. The van der Waals surface area contributed by atoms with Gasteiger partial charge in [-0.2, -0.15) is 0 Å². The van der Waals surface area contributed by atoms with Crippen LogP contribution in [0.15, 0.2) is 21.8 Å². The van der Waals surface area contributed by atoms with E-state index >= 15 is 0 Å². The number of aryl methyl sites for hydroxylation is 1. The predicted octanol–water partition coefficient (Wildman–Crippen LogP) is 3.86. The Morgan fingerprint density at radius 1 is 1.03 bits per heavy atom. The molecule has 0 bridgehead atoms. The number of aromatic nitrogens is 3. The lowest BCUT2D eigenvalue weighted by Gasteiger charge is -2.12. The molecular formula is C22H25N3O7S. The predicted molar refractivity (Wildman–Crippen MR) is 121 cm³/mol. The third kappa shape index (κ3) is 4.68. The Morgan fingerprint density at radius 3 is 2.21 bits per heavy atom. The van der Waals surface area contributed by atoms with Crippen molar-refractivity contribution in [2.45, 2.75) is 31.2 Å². The first kappa shape index (κ1) is 24.2. The Labute approximate surface area is 195 Å². The molecule has 0 spiro atoms. The zero-order valence-corrected chi connectivity index (χ0v) is 20.2. The highest BCUT2D eigenvalue weighted by atomic mass is 32.2. The van der Waals surface area contributed by atoms with E-state index in [-0.39, 0.29) is 16.9 Å². The third-order valence-electron chi connectivity index (χ3n) is 5.04. The summed E-state index contributed by atoms with van der Waals surface area (Å²) in [5.41, 5.74) is 2.39. The first-order chi connectivity index (χ1) is 15.7. The van der Waals surface area contributed by atoms with Crippen LogP contribution in [0.25, 0.3) is 11.5 Å². The van der Waals surface area contributed by atoms with Crippen molar-refractivity contribution < 1.29 is 33.0 Å². The van der Waals surface area contributed by atoms with Crippen molar-refractivity contribution >= 4 is 23.5 Å². The summed E-state index contributed by atoms with van der Waals surface area (Å²) < 4.78 is 26.6. The molecule has 0 aliphatic carbocycles. The van der Waals surface area contributed by atoms with Gasteiger partial charge in [0.05, 0.1) is 44.9 Å². The van der Waals surface area contributed by atoms with Crippen LogP contribution >= 0.6 is 11.8 Å². The number of ketones is 1. The van der Waals surface area contributed by atoms with Crippen molar-refractivity contribution in [1.82, 2.24) is 15.2 Å². The molecule has 2 heterocycles. The van der Waals surface area contributed by atoms with Crippen molar-refractivity contribution in [2.75, 3.05) is 28.4 Å². The number of benzene rings is 1. The number of esters is 1. The van der Waals surface area contributed by atoms with Crippen LogP contribution in [0.1, 0.15) is 39.0 Å². The molecule has 0 radical (unpaired) electrons. The summed E-state index contributed by atoms with van der Waals surface area (Å²) in [4.78, 5) is 28.0. The average molecular weight is 476 g/mol. The lowest BCUT2D eigenvalue weighted by Crippen LogP contribution is -2.15. The van der Waals surface area contributed by atoms with Crippen LogP contribution in [0.2, 0.25) is 0 Å². The molecule has 0 saturated heterocycles. The van der Waals surface area contributed by atoms with Gasteiger partial charge in [-0.25, -0.2) is 4.79 Å². The number of rotatable bonds is 9. The van der Waals surface area contributed by atoms with Gasteiger partial charge in [0.2, 0.25) is 11.6 Å². The SMILES string of the molecule is COC(=O)c1c(C)[nH]c(C(=O)[C@H](C)Sc2nnc(-c3cc(OC)c(OC)c(OC)c3)o2)c1C. The van der Waals surface area contributed by atoms with E-state index in [1.54, 1.807) is 32.9 Å². The highest BCUT2D eigenvalue weighted by Crippen LogP contribution is 2.41. The molecule has 0 unspecified atom stereocenters. The van der Waals surface area contributed by atoms with Gasteiger partial charge in [0.25, 0.3) is 5.22 Å². The quantitative estimate of drug-likeness (QED) is 0.277. The number of nitrogens with one attached hydrogen (secondary N) is 1. The molecule has 1 atom stereocenters. The van der Waals surface area contributed by atoms with Crippen LogP contribution in [0.5, 0.6) is 17.2 Å². The van der Waals surface area contributed by atoms with Gasteiger partial charge in [-0.3, -0.25) is 4.79 Å². The number of aromatic amines is 1. The minimum absolute atomic E-state index is 0.205. The number of thioether (sulfide) groups is 1. The van der Waals surface area contributed by atoms with Crippen LogP contribution in [0.3, 0.4) is 0 Å². The summed E-state index contributed by atoms with van der Waals surface area (Å²) in [7, 11) is 5.84. The third-order valence-corrected chi connectivity index (χ3v) is 5.97. The minimum atomic E-state index is -0.555. The second kappa shape index (κ2) is 9.99. The molecule has 0 aliphatic rings. The van der Waals surface area contributed by atoms with E-state index in [1.165, 1.54) is 28.4 Å². The van der Waals surface area contributed by atoms with Gasteiger partial charge in [0, 0.05) is 11.3 Å². The smallest absolute Gasteiger partial charge is 0.339 e. The Morgan fingerprint density at radius 2 is 1.67 bits per heavy atom. The number of nitrogens with zero attached hydrogens (tertiary/aromatic N) is 2. The Balaban J connectivity index is 1.83. The fraction of sp³-hybridized carbons (Fsp3) is 0.364. The second-order valence-electron chi connectivity index (χ2n) is 7.03. The van der Waals surface area contributed by atoms with Gasteiger partial charge >= 0.3 is 5.97 Å². The van der Waals surface area contributed by atoms with Crippen LogP contribution in [-0.4, -0.2) is 60.6 Å². The molecule has 0 saturated carbocycles. The van der Waals surface area contributed by atoms with E-state index in [4.69, 9.17) is 23.4 Å². The summed E-state index contributed by atoms with van der Waals surface area (Å²) in [6, 6.07) is 3.38. The van der Waals surface area contributed by atoms with Crippen LogP contribution in [-0.2, 0) is 4.74 Å². The highest BCUT2D eigenvalue weighted by Gasteiger charge is 2.27. The molecule has 0 fully saturated rings.